The first kappa shape index (κ1) is 9.40. The van der Waals surface area contributed by atoms with Crippen LogP contribution in [0.4, 0.5) is 0 Å². The molecule has 1 atom stereocenters. The Balaban J connectivity index is 2.56. The monoisotopic (exact) mass is 193 g/mol. The summed E-state index contributed by atoms with van der Waals surface area (Å²) in [6.07, 6.45) is 3.11. The van der Waals surface area contributed by atoms with Gasteiger partial charge in [0.1, 0.15) is 0 Å². The Kier molecular flexibility index (Phi) is 2.37. The highest BCUT2D eigenvalue weighted by Gasteiger charge is 2.22. The molecule has 1 aliphatic carbocycles. The lowest BCUT2D eigenvalue weighted by Crippen LogP contribution is -2.25. The number of aromatic amines is 1. The van der Waals surface area contributed by atoms with Gasteiger partial charge in [-0.15, -0.1) is 0 Å². The van der Waals surface area contributed by atoms with Crippen LogP contribution in [0.1, 0.15) is 35.7 Å². The second-order valence-corrected chi connectivity index (χ2v) is 3.85. The van der Waals surface area contributed by atoms with Crippen molar-refractivity contribution in [2.45, 2.75) is 32.1 Å². The van der Waals surface area contributed by atoms with Crippen molar-refractivity contribution in [2.24, 2.45) is 5.73 Å². The van der Waals surface area contributed by atoms with Crippen LogP contribution in [0.15, 0.2) is 4.79 Å². The van der Waals surface area contributed by atoms with Crippen molar-refractivity contribution in [1.29, 1.82) is 0 Å². The van der Waals surface area contributed by atoms with E-state index in [9.17, 15) is 4.79 Å². The van der Waals surface area contributed by atoms with Crippen LogP contribution in [0, 0.1) is 6.92 Å². The summed E-state index contributed by atoms with van der Waals surface area (Å²) in [5, 5.41) is 0. The van der Waals surface area contributed by atoms with E-state index in [1.807, 2.05) is 6.92 Å². The zero-order valence-corrected chi connectivity index (χ0v) is 8.34. The molecule has 0 amide bonds. The summed E-state index contributed by atoms with van der Waals surface area (Å²) in [6, 6.07) is 0. The molecule has 1 aromatic heterocycles. The van der Waals surface area contributed by atoms with E-state index < -0.39 is 0 Å². The van der Waals surface area contributed by atoms with Crippen LogP contribution in [-0.4, -0.2) is 16.5 Å². The Morgan fingerprint density at radius 2 is 2.43 bits per heavy atom. The smallest absolute Gasteiger partial charge is 0.330 e. The van der Waals surface area contributed by atoms with Crippen molar-refractivity contribution in [2.75, 3.05) is 6.54 Å². The van der Waals surface area contributed by atoms with Gasteiger partial charge in [0, 0.05) is 5.69 Å². The van der Waals surface area contributed by atoms with Gasteiger partial charge in [-0.25, -0.2) is 4.79 Å². The molecular weight excluding hydrogens is 178 g/mol. The second kappa shape index (κ2) is 3.53. The average Bonchev–Trinajstić information content (AvgIpc) is 2.16. The first-order chi connectivity index (χ1) is 6.72. The Hall–Kier alpha value is -1.16. The number of rotatable bonds is 1. The lowest BCUT2D eigenvalue weighted by Gasteiger charge is -2.24. The van der Waals surface area contributed by atoms with Crippen LogP contribution >= 0.6 is 0 Å². The maximum absolute atomic E-state index is 11.2. The maximum atomic E-state index is 11.2. The molecule has 4 nitrogen and oxygen atoms in total. The average molecular weight is 193 g/mol. The van der Waals surface area contributed by atoms with Crippen LogP contribution in [0.3, 0.4) is 0 Å². The quantitative estimate of drug-likeness (QED) is 0.680. The first-order valence-corrected chi connectivity index (χ1v) is 5.02. The SMILES string of the molecule is Cc1[nH]c(=O)nc2c1C(CN)CCC2. The molecule has 1 unspecified atom stereocenters. The Morgan fingerprint density at radius 3 is 3.14 bits per heavy atom. The number of H-pyrrole nitrogens is 1. The number of fused-ring (bicyclic) bond motifs is 1. The number of hydrogen-bond donors (Lipinski definition) is 2. The maximum Gasteiger partial charge on any atom is 0.345 e. The van der Waals surface area contributed by atoms with E-state index in [4.69, 9.17) is 5.73 Å². The molecule has 0 aliphatic heterocycles. The molecule has 0 radical (unpaired) electrons. The molecule has 0 spiro atoms. The number of aromatic nitrogens is 2. The second-order valence-electron chi connectivity index (χ2n) is 3.85. The molecule has 1 heterocycles. The van der Waals surface area contributed by atoms with E-state index in [1.54, 1.807) is 0 Å². The zero-order chi connectivity index (χ0) is 10.1. The third-order valence-electron chi connectivity index (χ3n) is 2.90. The van der Waals surface area contributed by atoms with Gasteiger partial charge in [0.25, 0.3) is 0 Å². The topological polar surface area (TPSA) is 71.8 Å². The number of aryl methyl sites for hydroxylation is 2. The van der Waals surface area contributed by atoms with Crippen LogP contribution in [0.25, 0.3) is 0 Å². The van der Waals surface area contributed by atoms with Crippen molar-refractivity contribution >= 4 is 0 Å². The number of hydrogen-bond acceptors (Lipinski definition) is 3. The summed E-state index contributed by atoms with van der Waals surface area (Å²) >= 11 is 0. The normalized spacial score (nSPS) is 20.6. The summed E-state index contributed by atoms with van der Waals surface area (Å²) in [5.41, 5.74) is 8.54. The predicted molar refractivity (Wildman–Crippen MR) is 54.3 cm³/mol. The number of nitrogens with two attached hydrogens (primary N) is 1. The highest BCUT2D eigenvalue weighted by Crippen LogP contribution is 2.30. The minimum atomic E-state index is -0.237. The number of nitrogens with one attached hydrogen (secondary N) is 1. The molecular formula is C10H15N3O. The zero-order valence-electron chi connectivity index (χ0n) is 8.34. The van der Waals surface area contributed by atoms with Crippen LogP contribution in [0.2, 0.25) is 0 Å². The standard InChI is InChI=1S/C10H15N3O/c1-6-9-7(5-11)3-2-4-8(9)13-10(14)12-6/h7H,2-5,11H2,1H3,(H,12,13,14). The summed E-state index contributed by atoms with van der Waals surface area (Å²) in [4.78, 5) is 17.9. The van der Waals surface area contributed by atoms with Gasteiger partial charge in [-0.2, -0.15) is 4.98 Å². The van der Waals surface area contributed by atoms with E-state index >= 15 is 0 Å². The van der Waals surface area contributed by atoms with E-state index in [0.717, 1.165) is 30.7 Å². The minimum absolute atomic E-state index is 0.237. The largest absolute Gasteiger partial charge is 0.345 e. The van der Waals surface area contributed by atoms with Crippen molar-refractivity contribution in [1.82, 2.24) is 9.97 Å². The Morgan fingerprint density at radius 1 is 1.64 bits per heavy atom. The van der Waals surface area contributed by atoms with Crippen LogP contribution in [0.5, 0.6) is 0 Å². The third-order valence-corrected chi connectivity index (χ3v) is 2.90. The highest BCUT2D eigenvalue weighted by molar-refractivity contribution is 5.30. The van der Waals surface area contributed by atoms with Gasteiger partial charge < -0.3 is 10.7 Å². The fraction of sp³-hybridized carbons (Fsp3) is 0.600. The molecule has 0 bridgehead atoms. The molecule has 0 saturated carbocycles. The molecule has 0 fully saturated rings. The summed E-state index contributed by atoms with van der Waals surface area (Å²) in [5.74, 6) is 0.378. The number of nitrogens with zero attached hydrogens (tertiary/aromatic N) is 1. The van der Waals surface area contributed by atoms with E-state index in [1.165, 1.54) is 5.56 Å². The molecule has 3 N–H and O–H groups in total. The van der Waals surface area contributed by atoms with Crippen LogP contribution in [-0.2, 0) is 6.42 Å². The molecule has 0 saturated heterocycles. The molecule has 1 aromatic rings. The summed E-state index contributed by atoms with van der Waals surface area (Å²) in [7, 11) is 0. The van der Waals surface area contributed by atoms with Gasteiger partial charge >= 0.3 is 5.69 Å². The van der Waals surface area contributed by atoms with Gasteiger partial charge in [-0.1, -0.05) is 0 Å². The van der Waals surface area contributed by atoms with Crippen LogP contribution < -0.4 is 11.4 Å². The van der Waals surface area contributed by atoms with Gasteiger partial charge in [-0.05, 0) is 44.2 Å². The predicted octanol–water partition coefficient (Wildman–Crippen LogP) is 0.457. The van der Waals surface area contributed by atoms with Crippen molar-refractivity contribution in [3.05, 3.63) is 27.4 Å². The van der Waals surface area contributed by atoms with Gasteiger partial charge in [0.2, 0.25) is 0 Å². The first-order valence-electron chi connectivity index (χ1n) is 5.02. The van der Waals surface area contributed by atoms with Crippen molar-refractivity contribution < 1.29 is 0 Å². The molecule has 14 heavy (non-hydrogen) atoms. The minimum Gasteiger partial charge on any atom is -0.330 e. The Labute approximate surface area is 82.6 Å². The third kappa shape index (κ3) is 1.46. The van der Waals surface area contributed by atoms with E-state index in [0.29, 0.717) is 12.5 Å². The van der Waals surface area contributed by atoms with Gasteiger partial charge in [-0.3, -0.25) is 0 Å². The van der Waals surface area contributed by atoms with Crippen molar-refractivity contribution in [3.8, 4) is 0 Å². The fourth-order valence-corrected chi connectivity index (χ4v) is 2.28. The lowest BCUT2D eigenvalue weighted by molar-refractivity contribution is 0.541. The summed E-state index contributed by atoms with van der Waals surface area (Å²) in [6.45, 7) is 2.57. The molecule has 2 rings (SSSR count). The molecule has 1 aliphatic rings. The molecule has 4 heteroatoms. The molecule has 0 aromatic carbocycles. The summed E-state index contributed by atoms with van der Waals surface area (Å²) < 4.78 is 0. The Bertz CT molecular complexity index is 397. The van der Waals surface area contributed by atoms with E-state index in [2.05, 4.69) is 9.97 Å². The fourth-order valence-electron chi connectivity index (χ4n) is 2.28. The lowest BCUT2D eigenvalue weighted by atomic mass is 9.85. The van der Waals surface area contributed by atoms with Gasteiger partial charge in [0.15, 0.2) is 0 Å². The van der Waals surface area contributed by atoms with E-state index in [-0.39, 0.29) is 5.69 Å². The van der Waals surface area contributed by atoms with Gasteiger partial charge in [0.05, 0.1) is 5.69 Å². The molecule has 76 valence electrons. The van der Waals surface area contributed by atoms with Crippen molar-refractivity contribution in [3.63, 3.8) is 0 Å². The highest BCUT2D eigenvalue weighted by atomic mass is 16.1.